The number of aliphatic hydroxyl groups is 1. The Hall–Kier alpha value is -0.120. The van der Waals surface area contributed by atoms with Crippen LogP contribution in [0.1, 0.15) is 33.1 Å². The van der Waals surface area contributed by atoms with Gasteiger partial charge < -0.3 is 9.84 Å². The van der Waals surface area contributed by atoms with Gasteiger partial charge in [0.15, 0.2) is 0 Å². The lowest BCUT2D eigenvalue weighted by atomic mass is 10.1. The molecule has 0 amide bonds. The third-order valence-electron chi connectivity index (χ3n) is 2.79. The predicted molar refractivity (Wildman–Crippen MR) is 57.4 cm³/mol. The maximum Gasteiger partial charge on any atom is 0.0597 e. The predicted octanol–water partition coefficient (Wildman–Crippen LogP) is 1.26. The van der Waals surface area contributed by atoms with Crippen LogP contribution in [0.4, 0.5) is 0 Å². The van der Waals surface area contributed by atoms with Crippen LogP contribution in [0, 0.1) is 0 Å². The fourth-order valence-corrected chi connectivity index (χ4v) is 2.07. The van der Waals surface area contributed by atoms with E-state index in [0.29, 0.717) is 18.8 Å². The summed E-state index contributed by atoms with van der Waals surface area (Å²) in [6.45, 7) is 7.45. The Morgan fingerprint density at radius 3 is 2.93 bits per heavy atom. The van der Waals surface area contributed by atoms with Gasteiger partial charge in [0.25, 0.3) is 0 Å². The molecule has 0 aliphatic carbocycles. The van der Waals surface area contributed by atoms with Gasteiger partial charge in [0, 0.05) is 19.2 Å². The van der Waals surface area contributed by atoms with E-state index in [2.05, 4.69) is 18.7 Å². The third-order valence-corrected chi connectivity index (χ3v) is 2.79. The molecule has 84 valence electrons. The van der Waals surface area contributed by atoms with E-state index in [0.717, 1.165) is 19.6 Å². The molecule has 1 rings (SSSR count). The van der Waals surface area contributed by atoms with Crippen LogP contribution in [0.25, 0.3) is 0 Å². The molecule has 1 saturated heterocycles. The summed E-state index contributed by atoms with van der Waals surface area (Å²) in [6.07, 6.45) is 3.75. The van der Waals surface area contributed by atoms with Crippen LogP contribution in [0.2, 0.25) is 0 Å². The molecule has 0 bridgehead atoms. The quantitative estimate of drug-likeness (QED) is 0.702. The van der Waals surface area contributed by atoms with Crippen molar-refractivity contribution in [2.45, 2.75) is 45.3 Å². The summed E-state index contributed by atoms with van der Waals surface area (Å²) in [5.74, 6) is 0. The van der Waals surface area contributed by atoms with E-state index >= 15 is 0 Å². The molecular formula is C11H23NO2. The molecule has 0 spiro atoms. The number of ether oxygens (including phenoxy) is 1. The van der Waals surface area contributed by atoms with Crippen LogP contribution in [-0.2, 0) is 4.74 Å². The molecule has 1 aliphatic rings. The summed E-state index contributed by atoms with van der Waals surface area (Å²) in [6, 6.07) is 0.593. The maximum absolute atomic E-state index is 8.90. The highest BCUT2D eigenvalue weighted by Gasteiger charge is 2.23. The number of hydrogen-bond donors (Lipinski definition) is 1. The standard InChI is InChI=1S/C11H23NO2/c1-10(2)14-9-7-12-6-3-4-11(12)5-8-13/h10-11,13H,3-9H2,1-2H3. The lowest BCUT2D eigenvalue weighted by Gasteiger charge is -2.24. The average molecular weight is 201 g/mol. The van der Waals surface area contributed by atoms with Crippen LogP contribution in [0.5, 0.6) is 0 Å². The van der Waals surface area contributed by atoms with Gasteiger partial charge in [0.1, 0.15) is 0 Å². The van der Waals surface area contributed by atoms with Crippen molar-refractivity contribution in [3.63, 3.8) is 0 Å². The van der Waals surface area contributed by atoms with E-state index in [1.807, 2.05) is 0 Å². The highest BCUT2D eigenvalue weighted by atomic mass is 16.5. The number of hydrogen-bond acceptors (Lipinski definition) is 3. The molecule has 0 saturated carbocycles. The van der Waals surface area contributed by atoms with E-state index in [1.165, 1.54) is 19.4 Å². The zero-order valence-electron chi connectivity index (χ0n) is 9.41. The molecule has 1 aliphatic heterocycles. The number of aliphatic hydroxyl groups excluding tert-OH is 1. The van der Waals surface area contributed by atoms with E-state index in [-0.39, 0.29) is 0 Å². The molecule has 0 radical (unpaired) electrons. The normalized spacial score (nSPS) is 23.6. The van der Waals surface area contributed by atoms with E-state index in [4.69, 9.17) is 9.84 Å². The molecule has 1 atom stereocenters. The molecule has 14 heavy (non-hydrogen) atoms. The minimum absolute atomic E-state index is 0.312. The van der Waals surface area contributed by atoms with Gasteiger partial charge >= 0.3 is 0 Å². The van der Waals surface area contributed by atoms with E-state index in [1.54, 1.807) is 0 Å². The van der Waals surface area contributed by atoms with Crippen molar-refractivity contribution in [3.05, 3.63) is 0 Å². The molecule has 3 heteroatoms. The fraction of sp³-hybridized carbons (Fsp3) is 1.00. The Labute approximate surface area is 87.1 Å². The molecule has 1 unspecified atom stereocenters. The minimum atomic E-state index is 0.312. The van der Waals surface area contributed by atoms with E-state index < -0.39 is 0 Å². The molecule has 1 heterocycles. The van der Waals surface area contributed by atoms with Crippen molar-refractivity contribution < 1.29 is 9.84 Å². The minimum Gasteiger partial charge on any atom is -0.396 e. The first-order valence-corrected chi connectivity index (χ1v) is 5.70. The second-order valence-electron chi connectivity index (χ2n) is 4.26. The smallest absolute Gasteiger partial charge is 0.0597 e. The Balaban J connectivity index is 2.15. The molecule has 0 aromatic carbocycles. The topological polar surface area (TPSA) is 32.7 Å². The van der Waals surface area contributed by atoms with Gasteiger partial charge in [-0.1, -0.05) is 0 Å². The first-order chi connectivity index (χ1) is 6.74. The summed E-state index contributed by atoms with van der Waals surface area (Å²) in [7, 11) is 0. The van der Waals surface area contributed by atoms with Gasteiger partial charge in [-0.15, -0.1) is 0 Å². The lowest BCUT2D eigenvalue weighted by Crippen LogP contribution is -2.33. The average Bonchev–Trinajstić information content (AvgIpc) is 2.53. The van der Waals surface area contributed by atoms with Gasteiger partial charge in [-0.25, -0.2) is 0 Å². The highest BCUT2D eigenvalue weighted by Crippen LogP contribution is 2.19. The molecule has 0 aromatic rings. The summed E-state index contributed by atoms with van der Waals surface area (Å²) in [4.78, 5) is 2.44. The monoisotopic (exact) mass is 201 g/mol. The van der Waals surface area contributed by atoms with Gasteiger partial charge in [0.2, 0.25) is 0 Å². The first kappa shape index (κ1) is 12.0. The molecule has 1 N–H and O–H groups in total. The zero-order chi connectivity index (χ0) is 10.4. The summed E-state index contributed by atoms with van der Waals surface area (Å²) < 4.78 is 5.53. The lowest BCUT2D eigenvalue weighted by molar-refractivity contribution is 0.0539. The zero-order valence-corrected chi connectivity index (χ0v) is 9.41. The molecule has 3 nitrogen and oxygen atoms in total. The fourth-order valence-electron chi connectivity index (χ4n) is 2.07. The first-order valence-electron chi connectivity index (χ1n) is 5.70. The maximum atomic E-state index is 8.90. The van der Waals surface area contributed by atoms with Crippen LogP contribution in [-0.4, -0.2) is 48.5 Å². The molecule has 1 fully saturated rings. The van der Waals surface area contributed by atoms with Gasteiger partial charge in [-0.2, -0.15) is 0 Å². The van der Waals surface area contributed by atoms with Gasteiger partial charge in [0.05, 0.1) is 12.7 Å². The molecular weight excluding hydrogens is 178 g/mol. The second kappa shape index (κ2) is 6.38. The van der Waals surface area contributed by atoms with Crippen molar-refractivity contribution >= 4 is 0 Å². The second-order valence-corrected chi connectivity index (χ2v) is 4.26. The van der Waals surface area contributed by atoms with Gasteiger partial charge in [-0.3, -0.25) is 4.90 Å². The van der Waals surface area contributed by atoms with Crippen LogP contribution < -0.4 is 0 Å². The van der Waals surface area contributed by atoms with Crippen molar-refractivity contribution in [3.8, 4) is 0 Å². The van der Waals surface area contributed by atoms with Crippen LogP contribution in [0.15, 0.2) is 0 Å². The van der Waals surface area contributed by atoms with Crippen molar-refractivity contribution in [2.24, 2.45) is 0 Å². The van der Waals surface area contributed by atoms with Crippen LogP contribution in [0.3, 0.4) is 0 Å². The van der Waals surface area contributed by atoms with Crippen molar-refractivity contribution in [1.29, 1.82) is 0 Å². The van der Waals surface area contributed by atoms with E-state index in [9.17, 15) is 0 Å². The summed E-state index contributed by atoms with van der Waals surface area (Å²) in [5.41, 5.74) is 0. The number of likely N-dealkylation sites (tertiary alicyclic amines) is 1. The summed E-state index contributed by atoms with van der Waals surface area (Å²) >= 11 is 0. The third kappa shape index (κ3) is 3.95. The Morgan fingerprint density at radius 1 is 1.50 bits per heavy atom. The highest BCUT2D eigenvalue weighted by molar-refractivity contribution is 4.78. The molecule has 0 aromatic heterocycles. The Morgan fingerprint density at radius 2 is 2.29 bits per heavy atom. The number of rotatable bonds is 6. The Bertz CT molecular complexity index is 150. The largest absolute Gasteiger partial charge is 0.396 e. The SMILES string of the molecule is CC(C)OCCN1CCCC1CCO. The van der Waals surface area contributed by atoms with Crippen molar-refractivity contribution in [2.75, 3.05) is 26.3 Å². The van der Waals surface area contributed by atoms with Gasteiger partial charge in [-0.05, 0) is 39.7 Å². The van der Waals surface area contributed by atoms with Crippen molar-refractivity contribution in [1.82, 2.24) is 4.90 Å². The van der Waals surface area contributed by atoms with Crippen LogP contribution >= 0.6 is 0 Å². The summed E-state index contributed by atoms with van der Waals surface area (Å²) in [5, 5.41) is 8.90. The number of nitrogens with zero attached hydrogens (tertiary/aromatic N) is 1. The Kier molecular flexibility index (Phi) is 5.45.